The standard InChI is InChI=1S/2NO3.Ru/c2*2-1(3)4;/q2*-1;+2. The van der Waals surface area contributed by atoms with Gasteiger partial charge >= 0.3 is 19.5 Å². The molecule has 0 aromatic carbocycles. The first-order valence-electron chi connectivity index (χ1n) is 1.10. The molecule has 0 aromatic rings. The Balaban J connectivity index is -0.0000000720. The molecule has 0 radical (unpaired) electrons. The molecule has 0 aliphatic heterocycles. The summed E-state index contributed by atoms with van der Waals surface area (Å²) in [6.07, 6.45) is 0. The van der Waals surface area contributed by atoms with Gasteiger partial charge in [0.15, 0.2) is 0 Å². The summed E-state index contributed by atoms with van der Waals surface area (Å²) < 4.78 is 0. The predicted molar refractivity (Wildman–Crippen MR) is 20.7 cm³/mol. The zero-order chi connectivity index (χ0) is 7.15. The quantitative estimate of drug-likeness (QED) is 0.310. The van der Waals surface area contributed by atoms with Crippen LogP contribution in [-0.4, -0.2) is 10.2 Å². The van der Waals surface area contributed by atoms with E-state index in [4.69, 9.17) is 30.6 Å². The van der Waals surface area contributed by atoms with Crippen LogP contribution in [0.25, 0.3) is 0 Å². The minimum atomic E-state index is -1.75. The molecule has 0 N–H and O–H groups in total. The van der Waals surface area contributed by atoms with Crippen molar-refractivity contribution < 1.29 is 29.7 Å². The van der Waals surface area contributed by atoms with Crippen molar-refractivity contribution in [3.05, 3.63) is 30.6 Å². The van der Waals surface area contributed by atoms with E-state index in [1.54, 1.807) is 0 Å². The summed E-state index contributed by atoms with van der Waals surface area (Å²) in [5.74, 6) is 0. The summed E-state index contributed by atoms with van der Waals surface area (Å²) >= 11 is 0. The van der Waals surface area contributed by atoms with E-state index in [2.05, 4.69) is 0 Å². The van der Waals surface area contributed by atoms with Crippen LogP contribution in [0.1, 0.15) is 0 Å². The summed E-state index contributed by atoms with van der Waals surface area (Å²) in [5, 5.41) is 29.5. The normalized spacial score (nSPS) is 5.33. The van der Waals surface area contributed by atoms with E-state index in [9.17, 15) is 0 Å². The largest absolute Gasteiger partial charge is 2.00 e. The summed E-state index contributed by atoms with van der Waals surface area (Å²) in [5.41, 5.74) is 0. The Morgan fingerprint density at radius 1 is 0.778 bits per heavy atom. The third kappa shape index (κ3) is 186. The minimum Gasteiger partial charge on any atom is -0.356 e. The molecular formula is N2O6Ru. The predicted octanol–water partition coefficient (Wildman–Crippen LogP) is -0.481. The van der Waals surface area contributed by atoms with Gasteiger partial charge in [0.2, 0.25) is 0 Å². The van der Waals surface area contributed by atoms with Crippen LogP contribution in [0.3, 0.4) is 0 Å². The Bertz CT molecular complexity index is 69.1. The molecular weight excluding hydrogens is 225 g/mol. The fraction of sp³-hybridized carbons (Fsp3) is 0. The summed E-state index contributed by atoms with van der Waals surface area (Å²) in [7, 11) is 0. The van der Waals surface area contributed by atoms with Crippen LogP contribution in [0.4, 0.5) is 0 Å². The summed E-state index contributed by atoms with van der Waals surface area (Å²) in [6.45, 7) is 0. The SMILES string of the molecule is O=[N+]([O-])[O-].O=[N+]([O-])[O-].[Ru+2]. The van der Waals surface area contributed by atoms with E-state index in [-0.39, 0.29) is 19.5 Å². The number of hydrogen-bond acceptors (Lipinski definition) is 6. The Labute approximate surface area is 61.1 Å². The van der Waals surface area contributed by atoms with Crippen molar-refractivity contribution >= 4 is 0 Å². The fourth-order valence-electron chi connectivity index (χ4n) is 0. The third-order valence-corrected chi connectivity index (χ3v) is 0. The molecule has 54 valence electrons. The van der Waals surface area contributed by atoms with Crippen LogP contribution in [0, 0.1) is 30.6 Å². The first kappa shape index (κ1) is 15.7. The molecule has 0 atom stereocenters. The molecule has 0 aliphatic rings. The van der Waals surface area contributed by atoms with Gasteiger partial charge in [-0.3, -0.25) is 0 Å². The summed E-state index contributed by atoms with van der Waals surface area (Å²) in [4.78, 5) is 16.5. The van der Waals surface area contributed by atoms with Gasteiger partial charge in [-0.25, -0.2) is 0 Å². The van der Waals surface area contributed by atoms with Crippen molar-refractivity contribution in [3.63, 3.8) is 0 Å². The fourth-order valence-corrected chi connectivity index (χ4v) is 0. The second-order valence-electron chi connectivity index (χ2n) is 0.447. The van der Waals surface area contributed by atoms with Gasteiger partial charge in [0.05, 0.1) is 10.2 Å². The van der Waals surface area contributed by atoms with Crippen molar-refractivity contribution in [2.24, 2.45) is 0 Å². The molecule has 0 bridgehead atoms. The Kier molecular flexibility index (Phi) is 17.6. The van der Waals surface area contributed by atoms with E-state index in [1.165, 1.54) is 0 Å². The third-order valence-electron chi connectivity index (χ3n) is 0. The average molecular weight is 225 g/mol. The molecule has 0 aliphatic carbocycles. The van der Waals surface area contributed by atoms with Crippen LogP contribution in [0.15, 0.2) is 0 Å². The van der Waals surface area contributed by atoms with E-state index in [1.807, 2.05) is 0 Å². The minimum absolute atomic E-state index is 0. The smallest absolute Gasteiger partial charge is 0.356 e. The Hall–Kier alpha value is -0.977. The molecule has 0 spiro atoms. The molecule has 0 rings (SSSR count). The average Bonchev–Trinajstić information content (AvgIpc) is 1.25. The van der Waals surface area contributed by atoms with Gasteiger partial charge in [0.1, 0.15) is 0 Å². The van der Waals surface area contributed by atoms with Crippen molar-refractivity contribution in [3.8, 4) is 0 Å². The second kappa shape index (κ2) is 10.1. The molecule has 0 aromatic heterocycles. The monoisotopic (exact) mass is 226 g/mol. The molecule has 0 heterocycles. The molecule has 9 heteroatoms. The zero-order valence-electron chi connectivity index (χ0n) is 3.70. The van der Waals surface area contributed by atoms with Gasteiger partial charge in [-0.2, -0.15) is 0 Å². The van der Waals surface area contributed by atoms with E-state index in [0.29, 0.717) is 0 Å². The van der Waals surface area contributed by atoms with Gasteiger partial charge < -0.3 is 30.6 Å². The first-order chi connectivity index (χ1) is 3.46. The van der Waals surface area contributed by atoms with Crippen molar-refractivity contribution in [2.75, 3.05) is 0 Å². The van der Waals surface area contributed by atoms with E-state index < -0.39 is 10.2 Å². The van der Waals surface area contributed by atoms with Crippen molar-refractivity contribution in [1.82, 2.24) is 0 Å². The molecule has 9 heavy (non-hydrogen) atoms. The van der Waals surface area contributed by atoms with Gasteiger partial charge in [-0.1, -0.05) is 0 Å². The van der Waals surface area contributed by atoms with E-state index in [0.717, 1.165) is 0 Å². The van der Waals surface area contributed by atoms with Gasteiger partial charge in [0, 0.05) is 0 Å². The number of rotatable bonds is 0. The van der Waals surface area contributed by atoms with Gasteiger partial charge in [0.25, 0.3) is 0 Å². The second-order valence-corrected chi connectivity index (χ2v) is 0.447. The summed E-state index contributed by atoms with van der Waals surface area (Å²) in [6, 6.07) is 0. The maximum Gasteiger partial charge on any atom is 2.00 e. The number of nitrogens with zero attached hydrogens (tertiary/aromatic N) is 2. The maximum absolute atomic E-state index is 8.25. The van der Waals surface area contributed by atoms with Gasteiger partial charge in [-0.15, -0.1) is 0 Å². The topological polar surface area (TPSA) is 132 Å². The molecule has 8 nitrogen and oxygen atoms in total. The van der Waals surface area contributed by atoms with Crippen molar-refractivity contribution in [2.45, 2.75) is 0 Å². The molecule has 0 saturated heterocycles. The molecule has 0 fully saturated rings. The molecule has 0 unspecified atom stereocenters. The van der Waals surface area contributed by atoms with Crippen LogP contribution < -0.4 is 0 Å². The molecule has 0 amide bonds. The van der Waals surface area contributed by atoms with E-state index >= 15 is 0 Å². The first-order valence-corrected chi connectivity index (χ1v) is 1.10. The van der Waals surface area contributed by atoms with Gasteiger partial charge in [-0.05, 0) is 0 Å². The number of hydrogen-bond donors (Lipinski definition) is 0. The zero-order valence-corrected chi connectivity index (χ0v) is 5.44. The van der Waals surface area contributed by atoms with Crippen LogP contribution in [-0.2, 0) is 19.5 Å². The van der Waals surface area contributed by atoms with Crippen LogP contribution in [0.5, 0.6) is 0 Å². The Morgan fingerprint density at radius 3 is 0.778 bits per heavy atom. The van der Waals surface area contributed by atoms with Crippen molar-refractivity contribution in [1.29, 1.82) is 0 Å². The molecule has 0 saturated carbocycles. The Morgan fingerprint density at radius 2 is 0.778 bits per heavy atom. The van der Waals surface area contributed by atoms with Crippen LogP contribution >= 0.6 is 0 Å². The maximum atomic E-state index is 8.25. The van der Waals surface area contributed by atoms with Crippen LogP contribution in [0.2, 0.25) is 0 Å².